The lowest BCUT2D eigenvalue weighted by atomic mass is 9.73. The van der Waals surface area contributed by atoms with Gasteiger partial charge in [0.25, 0.3) is 0 Å². The van der Waals surface area contributed by atoms with Crippen LogP contribution in [0.1, 0.15) is 24.0 Å². The van der Waals surface area contributed by atoms with Crippen LogP contribution in [0.5, 0.6) is 0 Å². The van der Waals surface area contributed by atoms with E-state index in [4.69, 9.17) is 27.9 Å². The molecule has 142 valence electrons. The number of ether oxygens (including phenoxy) is 1. The third kappa shape index (κ3) is 3.85. The summed E-state index contributed by atoms with van der Waals surface area (Å²) in [5.41, 5.74) is 3.18. The van der Waals surface area contributed by atoms with E-state index in [1.54, 1.807) is 0 Å². The van der Waals surface area contributed by atoms with Crippen molar-refractivity contribution in [3.8, 4) is 0 Å². The minimum atomic E-state index is 0.0503. The van der Waals surface area contributed by atoms with Crippen LogP contribution in [0.15, 0.2) is 42.5 Å². The van der Waals surface area contributed by atoms with Crippen molar-refractivity contribution in [1.82, 2.24) is 15.1 Å². The molecule has 0 radical (unpaired) electrons. The summed E-state index contributed by atoms with van der Waals surface area (Å²) in [5.74, 6) is 0. The van der Waals surface area contributed by atoms with Gasteiger partial charge in [-0.1, -0.05) is 53.5 Å². The highest BCUT2D eigenvalue weighted by Crippen LogP contribution is 2.36. The van der Waals surface area contributed by atoms with Crippen LogP contribution in [0.4, 0.5) is 0 Å². The Kier molecular flexibility index (Phi) is 5.42. The molecule has 0 unspecified atom stereocenters. The highest BCUT2D eigenvalue weighted by atomic mass is 35.5. The van der Waals surface area contributed by atoms with E-state index in [0.717, 1.165) is 42.4 Å². The largest absolute Gasteiger partial charge is 0.376 e. The minimum absolute atomic E-state index is 0.0503. The first-order valence-electron chi connectivity index (χ1n) is 9.21. The molecule has 0 amide bonds. The van der Waals surface area contributed by atoms with Crippen LogP contribution >= 0.6 is 23.2 Å². The number of fused-ring (bicyclic) bond motifs is 1. The van der Waals surface area contributed by atoms with E-state index in [1.807, 2.05) is 12.1 Å². The maximum absolute atomic E-state index is 6.26. The molecule has 1 aliphatic rings. The molecule has 2 heterocycles. The lowest BCUT2D eigenvalue weighted by Crippen LogP contribution is -2.43. The summed E-state index contributed by atoms with van der Waals surface area (Å²) < 4.78 is 6.25. The first-order valence-corrected chi connectivity index (χ1v) is 9.97. The van der Waals surface area contributed by atoms with Crippen molar-refractivity contribution in [2.75, 3.05) is 26.7 Å². The number of piperidine rings is 1. The lowest BCUT2D eigenvalue weighted by Gasteiger charge is -2.41. The molecule has 1 saturated heterocycles. The number of nitrogens with one attached hydrogen (secondary N) is 1. The summed E-state index contributed by atoms with van der Waals surface area (Å²) in [6.07, 6.45) is 2.18. The second kappa shape index (κ2) is 7.80. The van der Waals surface area contributed by atoms with Crippen LogP contribution in [-0.2, 0) is 16.8 Å². The van der Waals surface area contributed by atoms with E-state index in [1.165, 1.54) is 5.56 Å². The number of aromatic amines is 1. The zero-order chi connectivity index (χ0) is 18.9. The van der Waals surface area contributed by atoms with Crippen molar-refractivity contribution in [2.45, 2.75) is 24.9 Å². The molecule has 0 atom stereocenters. The summed E-state index contributed by atoms with van der Waals surface area (Å²) in [6, 6.07) is 14.5. The second-order valence-corrected chi connectivity index (χ2v) is 8.26. The molecule has 0 aliphatic carbocycles. The normalized spacial score (nSPS) is 17.4. The van der Waals surface area contributed by atoms with Gasteiger partial charge in [-0.25, -0.2) is 0 Å². The van der Waals surface area contributed by atoms with Gasteiger partial charge < -0.3 is 9.64 Å². The molecule has 1 aliphatic heterocycles. The van der Waals surface area contributed by atoms with Crippen molar-refractivity contribution in [3.63, 3.8) is 0 Å². The van der Waals surface area contributed by atoms with Gasteiger partial charge >= 0.3 is 0 Å². The van der Waals surface area contributed by atoms with Gasteiger partial charge in [0.2, 0.25) is 0 Å². The summed E-state index contributed by atoms with van der Waals surface area (Å²) in [5, 5.41) is 9.10. The first-order chi connectivity index (χ1) is 13.1. The summed E-state index contributed by atoms with van der Waals surface area (Å²) >= 11 is 12.4. The fourth-order valence-corrected chi connectivity index (χ4v) is 4.37. The number of halogens is 2. The predicted molar refractivity (Wildman–Crippen MR) is 111 cm³/mol. The van der Waals surface area contributed by atoms with Crippen LogP contribution in [0.3, 0.4) is 0 Å². The first kappa shape index (κ1) is 18.8. The molecule has 4 nitrogen and oxygen atoms in total. The van der Waals surface area contributed by atoms with E-state index < -0.39 is 0 Å². The Bertz CT molecular complexity index is 918. The van der Waals surface area contributed by atoms with Gasteiger partial charge in [-0.2, -0.15) is 5.10 Å². The van der Waals surface area contributed by atoms with Crippen LogP contribution in [0.2, 0.25) is 10.2 Å². The number of rotatable bonds is 5. The third-order valence-corrected chi connectivity index (χ3v) is 6.13. The topological polar surface area (TPSA) is 41.1 Å². The van der Waals surface area contributed by atoms with E-state index >= 15 is 0 Å². The maximum Gasteiger partial charge on any atom is 0.132 e. The summed E-state index contributed by atoms with van der Waals surface area (Å²) in [7, 11) is 2.18. The SMILES string of the molecule is CN1CCC(COCc2cc(Cl)cc3c(Cl)[nH]nc23)(c2ccccc2)CC1. The number of hydrogen-bond donors (Lipinski definition) is 1. The average Bonchev–Trinajstić information content (AvgIpc) is 3.05. The van der Waals surface area contributed by atoms with Gasteiger partial charge in [-0.15, -0.1) is 0 Å². The molecule has 27 heavy (non-hydrogen) atoms. The Morgan fingerprint density at radius 1 is 1.15 bits per heavy atom. The van der Waals surface area contributed by atoms with Gasteiger partial charge in [0, 0.05) is 21.4 Å². The number of H-pyrrole nitrogens is 1. The predicted octanol–water partition coefficient (Wildman–Crippen LogP) is 5.05. The molecule has 3 aromatic rings. The Hall–Kier alpha value is -1.59. The average molecular weight is 404 g/mol. The standard InChI is InChI=1S/C21H23Cl2N3O/c1-26-9-7-21(8-10-26,16-5-3-2-4-6-16)14-27-13-15-11-17(22)12-18-19(15)24-25-20(18)23/h2-6,11-12H,7-10,13-14H2,1H3,(H,24,25). The van der Waals surface area contributed by atoms with Crippen molar-refractivity contribution < 1.29 is 4.74 Å². The fourth-order valence-electron chi connectivity index (χ4n) is 3.94. The monoisotopic (exact) mass is 403 g/mol. The quantitative estimate of drug-likeness (QED) is 0.647. The van der Waals surface area contributed by atoms with Crippen molar-refractivity contribution in [2.24, 2.45) is 0 Å². The molecule has 1 fully saturated rings. The van der Waals surface area contributed by atoms with E-state index in [2.05, 4.69) is 52.5 Å². The van der Waals surface area contributed by atoms with E-state index in [0.29, 0.717) is 23.4 Å². The second-order valence-electron chi connectivity index (χ2n) is 7.44. The van der Waals surface area contributed by atoms with Gasteiger partial charge in [-0.3, -0.25) is 5.10 Å². The van der Waals surface area contributed by atoms with Crippen LogP contribution in [0, 0.1) is 0 Å². The molecule has 2 aromatic carbocycles. The number of hydrogen-bond acceptors (Lipinski definition) is 3. The van der Waals surface area contributed by atoms with Crippen LogP contribution in [0.25, 0.3) is 10.9 Å². The summed E-state index contributed by atoms with van der Waals surface area (Å²) in [4.78, 5) is 2.38. The molecular weight excluding hydrogens is 381 g/mol. The third-order valence-electron chi connectivity index (χ3n) is 5.62. The van der Waals surface area contributed by atoms with E-state index in [9.17, 15) is 0 Å². The Labute approximate surface area is 169 Å². The highest BCUT2D eigenvalue weighted by Gasteiger charge is 2.35. The molecule has 1 N–H and O–H groups in total. The van der Waals surface area contributed by atoms with Crippen molar-refractivity contribution in [3.05, 3.63) is 63.8 Å². The summed E-state index contributed by atoms with van der Waals surface area (Å²) in [6.45, 7) is 3.29. The van der Waals surface area contributed by atoms with Crippen LogP contribution in [-0.4, -0.2) is 41.8 Å². The Morgan fingerprint density at radius 2 is 1.89 bits per heavy atom. The fraction of sp³-hybridized carbons (Fsp3) is 0.381. The van der Waals surface area contributed by atoms with Crippen molar-refractivity contribution in [1.29, 1.82) is 0 Å². The Balaban J connectivity index is 1.54. The van der Waals surface area contributed by atoms with E-state index in [-0.39, 0.29) is 5.41 Å². The number of likely N-dealkylation sites (tertiary alicyclic amines) is 1. The molecule has 6 heteroatoms. The number of aromatic nitrogens is 2. The number of benzene rings is 2. The van der Waals surface area contributed by atoms with Gasteiger partial charge in [0.05, 0.1) is 18.7 Å². The highest BCUT2D eigenvalue weighted by molar-refractivity contribution is 6.36. The maximum atomic E-state index is 6.26. The number of nitrogens with zero attached hydrogens (tertiary/aromatic N) is 2. The molecule has 0 spiro atoms. The molecule has 0 bridgehead atoms. The molecule has 0 saturated carbocycles. The smallest absolute Gasteiger partial charge is 0.132 e. The molecular formula is C21H23Cl2N3O. The van der Waals surface area contributed by atoms with Crippen LogP contribution < -0.4 is 0 Å². The van der Waals surface area contributed by atoms with Gasteiger partial charge in [-0.05, 0) is 50.7 Å². The van der Waals surface area contributed by atoms with Gasteiger partial charge in [0.15, 0.2) is 0 Å². The zero-order valence-electron chi connectivity index (χ0n) is 15.3. The minimum Gasteiger partial charge on any atom is -0.376 e. The Morgan fingerprint density at radius 3 is 2.63 bits per heavy atom. The lowest BCUT2D eigenvalue weighted by molar-refractivity contribution is 0.0411. The zero-order valence-corrected chi connectivity index (χ0v) is 16.9. The molecule has 1 aromatic heterocycles. The molecule has 4 rings (SSSR count). The van der Waals surface area contributed by atoms with Crippen molar-refractivity contribution >= 4 is 34.1 Å². The van der Waals surface area contributed by atoms with Gasteiger partial charge in [0.1, 0.15) is 5.15 Å².